The minimum Gasteiger partial charge on any atom is -0.489 e. The van der Waals surface area contributed by atoms with E-state index in [9.17, 15) is 5.26 Å². The van der Waals surface area contributed by atoms with Crippen LogP contribution in [0.1, 0.15) is 29.4 Å². The van der Waals surface area contributed by atoms with Crippen LogP contribution in [0.5, 0.6) is 5.75 Å². The molecule has 3 aromatic rings. The van der Waals surface area contributed by atoms with Gasteiger partial charge in [-0.25, -0.2) is 4.98 Å². The summed E-state index contributed by atoms with van der Waals surface area (Å²) in [6.45, 7) is 7.33. The number of benzene rings is 2. The third-order valence-electron chi connectivity index (χ3n) is 4.68. The first-order chi connectivity index (χ1) is 13.7. The molecule has 144 valence electrons. The van der Waals surface area contributed by atoms with Crippen LogP contribution in [0.4, 0.5) is 0 Å². The van der Waals surface area contributed by atoms with Gasteiger partial charge >= 0.3 is 0 Å². The molecule has 0 bridgehead atoms. The predicted molar refractivity (Wildman–Crippen MR) is 110 cm³/mol. The average molecular weight is 374 g/mol. The van der Waals surface area contributed by atoms with Gasteiger partial charge in [-0.05, 0) is 43.1 Å². The van der Waals surface area contributed by atoms with Crippen molar-refractivity contribution >= 4 is 0 Å². The molecule has 1 N–H and O–H groups in total. The number of rotatable bonds is 9. The van der Waals surface area contributed by atoms with Crippen LogP contribution in [0.3, 0.4) is 0 Å². The lowest BCUT2D eigenvalue weighted by atomic mass is 10.1. The molecular weight excluding hydrogens is 348 g/mol. The quantitative estimate of drug-likeness (QED) is 0.613. The van der Waals surface area contributed by atoms with Crippen LogP contribution in [0.25, 0.3) is 0 Å². The zero-order chi connectivity index (χ0) is 19.8. The van der Waals surface area contributed by atoms with E-state index in [1.807, 2.05) is 61.8 Å². The summed E-state index contributed by atoms with van der Waals surface area (Å²) in [5.41, 5.74) is 2.73. The Labute approximate surface area is 166 Å². The minimum absolute atomic E-state index is 0.391. The first-order valence-corrected chi connectivity index (χ1v) is 9.54. The summed E-state index contributed by atoms with van der Waals surface area (Å²) in [5, 5.41) is 12.7. The molecule has 5 heteroatoms. The largest absolute Gasteiger partial charge is 0.489 e. The van der Waals surface area contributed by atoms with Crippen molar-refractivity contribution in [1.29, 1.82) is 5.26 Å². The van der Waals surface area contributed by atoms with E-state index in [0.717, 1.165) is 36.8 Å². The molecule has 2 aromatic carbocycles. The smallest absolute Gasteiger partial charge is 0.120 e. The Hall–Kier alpha value is -3.10. The lowest BCUT2D eigenvalue weighted by Gasteiger charge is -2.15. The molecule has 0 saturated carbocycles. The van der Waals surface area contributed by atoms with Crippen molar-refractivity contribution in [2.24, 2.45) is 5.92 Å². The van der Waals surface area contributed by atoms with Crippen LogP contribution in [-0.4, -0.2) is 16.1 Å². The first-order valence-electron chi connectivity index (χ1n) is 9.54. The standard InChI is InChI=1S/C23H26N4O/c1-18(16-27-11-10-26-19(27)2)14-25-15-20-6-5-9-23(12-20)28-17-22-8-4-3-7-21(22)13-24/h3-12,18,25H,14-17H2,1-2H3. The van der Waals surface area contributed by atoms with Gasteiger partial charge in [-0.1, -0.05) is 37.3 Å². The fourth-order valence-electron chi connectivity index (χ4n) is 3.12. The number of hydrogen-bond donors (Lipinski definition) is 1. The van der Waals surface area contributed by atoms with Gasteiger partial charge in [0.05, 0.1) is 11.6 Å². The minimum atomic E-state index is 0.391. The second-order valence-electron chi connectivity index (χ2n) is 7.07. The van der Waals surface area contributed by atoms with Crippen LogP contribution in [0.15, 0.2) is 60.9 Å². The van der Waals surface area contributed by atoms with Crippen molar-refractivity contribution in [3.63, 3.8) is 0 Å². The summed E-state index contributed by atoms with van der Waals surface area (Å²) in [4.78, 5) is 4.27. The van der Waals surface area contributed by atoms with Gasteiger partial charge in [0.15, 0.2) is 0 Å². The molecule has 0 fully saturated rings. The van der Waals surface area contributed by atoms with Crippen molar-refractivity contribution < 1.29 is 4.74 Å². The number of imidazole rings is 1. The van der Waals surface area contributed by atoms with Gasteiger partial charge in [-0.15, -0.1) is 0 Å². The Morgan fingerprint density at radius 1 is 1.21 bits per heavy atom. The van der Waals surface area contributed by atoms with E-state index in [0.29, 0.717) is 18.1 Å². The molecule has 0 aliphatic carbocycles. The zero-order valence-corrected chi connectivity index (χ0v) is 16.4. The molecule has 0 aliphatic heterocycles. The number of aryl methyl sites for hydroxylation is 1. The van der Waals surface area contributed by atoms with E-state index in [-0.39, 0.29) is 0 Å². The number of hydrogen-bond acceptors (Lipinski definition) is 4. The van der Waals surface area contributed by atoms with E-state index in [1.54, 1.807) is 0 Å². The van der Waals surface area contributed by atoms with Gasteiger partial charge in [-0.2, -0.15) is 5.26 Å². The molecular formula is C23H26N4O. The number of nitriles is 1. The highest BCUT2D eigenvalue weighted by atomic mass is 16.5. The average Bonchev–Trinajstić information content (AvgIpc) is 3.11. The summed E-state index contributed by atoms with van der Waals surface area (Å²) >= 11 is 0. The molecule has 0 saturated heterocycles. The highest BCUT2D eigenvalue weighted by Gasteiger charge is 2.06. The monoisotopic (exact) mass is 374 g/mol. The third-order valence-corrected chi connectivity index (χ3v) is 4.68. The molecule has 1 atom stereocenters. The normalized spacial score (nSPS) is 11.8. The summed E-state index contributed by atoms with van der Waals surface area (Å²) in [7, 11) is 0. The zero-order valence-electron chi connectivity index (χ0n) is 16.4. The van der Waals surface area contributed by atoms with Crippen molar-refractivity contribution in [3.8, 4) is 11.8 Å². The van der Waals surface area contributed by atoms with Crippen LogP contribution >= 0.6 is 0 Å². The summed E-state index contributed by atoms with van der Waals surface area (Å²) in [6, 6.07) is 17.8. The fraction of sp³-hybridized carbons (Fsp3) is 0.304. The topological polar surface area (TPSA) is 62.9 Å². The van der Waals surface area contributed by atoms with Gasteiger partial charge in [-0.3, -0.25) is 0 Å². The predicted octanol–water partition coefficient (Wildman–Crippen LogP) is 4.07. The maximum Gasteiger partial charge on any atom is 0.120 e. The Balaban J connectivity index is 1.48. The van der Waals surface area contributed by atoms with Gasteiger partial charge in [0.1, 0.15) is 18.2 Å². The highest BCUT2D eigenvalue weighted by Crippen LogP contribution is 2.17. The van der Waals surface area contributed by atoms with E-state index < -0.39 is 0 Å². The molecule has 5 nitrogen and oxygen atoms in total. The summed E-state index contributed by atoms with van der Waals surface area (Å²) in [6.07, 6.45) is 3.87. The molecule has 0 amide bonds. The van der Waals surface area contributed by atoms with Gasteiger partial charge < -0.3 is 14.6 Å². The molecule has 28 heavy (non-hydrogen) atoms. The number of ether oxygens (including phenoxy) is 1. The number of aromatic nitrogens is 2. The molecule has 1 unspecified atom stereocenters. The maximum atomic E-state index is 9.18. The Morgan fingerprint density at radius 3 is 2.86 bits per heavy atom. The van der Waals surface area contributed by atoms with Crippen molar-refractivity contribution in [3.05, 3.63) is 83.4 Å². The van der Waals surface area contributed by atoms with Crippen molar-refractivity contribution in [2.45, 2.75) is 33.5 Å². The number of nitrogens with one attached hydrogen (secondary N) is 1. The van der Waals surface area contributed by atoms with E-state index in [4.69, 9.17) is 4.74 Å². The van der Waals surface area contributed by atoms with E-state index in [1.165, 1.54) is 5.56 Å². The van der Waals surface area contributed by atoms with Crippen LogP contribution in [0.2, 0.25) is 0 Å². The highest BCUT2D eigenvalue weighted by molar-refractivity contribution is 5.37. The molecule has 0 radical (unpaired) electrons. The molecule has 1 heterocycles. The lowest BCUT2D eigenvalue weighted by Crippen LogP contribution is -2.24. The first kappa shape index (κ1) is 19.7. The maximum absolute atomic E-state index is 9.18. The SMILES string of the molecule is Cc1nccn1CC(C)CNCc1cccc(OCc2ccccc2C#N)c1. The second kappa shape index (κ2) is 9.72. The summed E-state index contributed by atoms with van der Waals surface area (Å²) < 4.78 is 8.08. The fourth-order valence-corrected chi connectivity index (χ4v) is 3.12. The van der Waals surface area contributed by atoms with Gasteiger partial charge in [0, 0.05) is 31.0 Å². The molecule has 0 aliphatic rings. The van der Waals surface area contributed by atoms with Crippen molar-refractivity contribution in [2.75, 3.05) is 6.54 Å². The Kier molecular flexibility index (Phi) is 6.83. The van der Waals surface area contributed by atoms with Crippen LogP contribution < -0.4 is 10.1 Å². The Morgan fingerprint density at radius 2 is 2.07 bits per heavy atom. The van der Waals surface area contributed by atoms with Gasteiger partial charge in [0.25, 0.3) is 0 Å². The van der Waals surface area contributed by atoms with Gasteiger partial charge in [0.2, 0.25) is 0 Å². The van der Waals surface area contributed by atoms with E-state index in [2.05, 4.69) is 33.9 Å². The molecule has 0 spiro atoms. The Bertz CT molecular complexity index is 942. The van der Waals surface area contributed by atoms with Crippen LogP contribution in [0, 0.1) is 24.2 Å². The second-order valence-corrected chi connectivity index (χ2v) is 7.07. The molecule has 3 rings (SSSR count). The van der Waals surface area contributed by atoms with Crippen LogP contribution in [-0.2, 0) is 19.7 Å². The number of nitrogens with zero attached hydrogens (tertiary/aromatic N) is 3. The third kappa shape index (κ3) is 5.45. The lowest BCUT2D eigenvalue weighted by molar-refractivity contribution is 0.305. The molecule has 1 aromatic heterocycles. The summed E-state index contributed by atoms with van der Waals surface area (Å²) in [5.74, 6) is 2.37. The van der Waals surface area contributed by atoms with E-state index >= 15 is 0 Å². The van der Waals surface area contributed by atoms with Crippen molar-refractivity contribution in [1.82, 2.24) is 14.9 Å².